The predicted molar refractivity (Wildman–Crippen MR) is 97.9 cm³/mol. The summed E-state index contributed by atoms with van der Waals surface area (Å²) in [5, 5.41) is 0. The molecular formula is C18H26N6O3. The molecule has 1 atom stereocenters. The van der Waals surface area contributed by atoms with Crippen LogP contribution in [-0.4, -0.2) is 101 Å². The molecule has 4 amide bonds. The van der Waals surface area contributed by atoms with E-state index in [0.717, 1.165) is 0 Å². The van der Waals surface area contributed by atoms with Gasteiger partial charge in [0, 0.05) is 77.6 Å². The minimum atomic E-state index is -0.465. The van der Waals surface area contributed by atoms with Crippen molar-refractivity contribution < 1.29 is 14.4 Å². The van der Waals surface area contributed by atoms with Crippen molar-refractivity contribution in [2.75, 3.05) is 53.4 Å². The second kappa shape index (κ2) is 7.50. The van der Waals surface area contributed by atoms with Crippen LogP contribution in [0.2, 0.25) is 0 Å². The Morgan fingerprint density at radius 1 is 1.15 bits per heavy atom. The Kier molecular flexibility index (Phi) is 5.29. The molecule has 0 bridgehead atoms. The molecule has 9 heteroatoms. The van der Waals surface area contributed by atoms with E-state index in [1.54, 1.807) is 28.8 Å². The van der Waals surface area contributed by atoms with Crippen LogP contribution in [0.15, 0.2) is 18.6 Å². The Morgan fingerprint density at radius 3 is 2.44 bits per heavy atom. The van der Waals surface area contributed by atoms with Crippen LogP contribution < -0.4 is 0 Å². The van der Waals surface area contributed by atoms with Crippen molar-refractivity contribution in [1.29, 1.82) is 0 Å². The van der Waals surface area contributed by atoms with Crippen LogP contribution >= 0.6 is 0 Å². The van der Waals surface area contributed by atoms with Gasteiger partial charge in [-0.2, -0.15) is 0 Å². The fourth-order valence-electron chi connectivity index (χ4n) is 3.93. The van der Waals surface area contributed by atoms with Gasteiger partial charge in [0.05, 0.1) is 6.20 Å². The summed E-state index contributed by atoms with van der Waals surface area (Å²) >= 11 is 0. The lowest BCUT2D eigenvalue weighted by Gasteiger charge is -2.34. The molecule has 146 valence electrons. The van der Waals surface area contributed by atoms with E-state index in [4.69, 9.17) is 0 Å². The van der Waals surface area contributed by atoms with Gasteiger partial charge in [-0.1, -0.05) is 0 Å². The standard InChI is InChI=1S/C18H26N6O3/c1-4-22-11-18(9-15(22)25)12-23(16(26)14-10-19-5-6-20-14)7-8-24(13-18)17(27)21(2)3/h5-6,10H,4,7-9,11-13H2,1-3H3. The zero-order valence-electron chi connectivity index (χ0n) is 16.1. The first kappa shape index (κ1) is 19.1. The molecule has 0 aliphatic carbocycles. The molecule has 9 nitrogen and oxygen atoms in total. The second-order valence-electron chi connectivity index (χ2n) is 7.50. The summed E-state index contributed by atoms with van der Waals surface area (Å²) in [4.78, 5) is 52.8. The molecule has 2 aliphatic heterocycles. The Labute approximate surface area is 158 Å². The fourth-order valence-corrected chi connectivity index (χ4v) is 3.93. The van der Waals surface area contributed by atoms with Gasteiger partial charge in [-0.25, -0.2) is 9.78 Å². The molecule has 27 heavy (non-hydrogen) atoms. The Balaban J connectivity index is 1.89. The van der Waals surface area contributed by atoms with Crippen molar-refractivity contribution in [1.82, 2.24) is 29.6 Å². The molecule has 1 aromatic heterocycles. The van der Waals surface area contributed by atoms with Crippen molar-refractivity contribution in [2.45, 2.75) is 13.3 Å². The van der Waals surface area contributed by atoms with Crippen molar-refractivity contribution in [3.05, 3.63) is 24.3 Å². The van der Waals surface area contributed by atoms with Crippen LogP contribution in [0.25, 0.3) is 0 Å². The lowest BCUT2D eigenvalue weighted by molar-refractivity contribution is -0.127. The smallest absolute Gasteiger partial charge is 0.319 e. The first-order valence-electron chi connectivity index (χ1n) is 9.14. The zero-order valence-corrected chi connectivity index (χ0v) is 16.1. The average Bonchev–Trinajstić information content (AvgIpc) is 2.86. The van der Waals surface area contributed by atoms with E-state index in [1.165, 1.54) is 23.5 Å². The normalized spacial score (nSPS) is 22.9. The third-order valence-electron chi connectivity index (χ3n) is 5.20. The molecule has 3 rings (SSSR count). The van der Waals surface area contributed by atoms with Crippen LogP contribution in [0.1, 0.15) is 23.8 Å². The Morgan fingerprint density at radius 2 is 1.85 bits per heavy atom. The summed E-state index contributed by atoms with van der Waals surface area (Å²) in [6.45, 7) is 4.81. The fraction of sp³-hybridized carbons (Fsp3) is 0.611. The van der Waals surface area contributed by atoms with Gasteiger partial charge in [0.15, 0.2) is 0 Å². The molecule has 1 spiro atoms. The highest BCUT2D eigenvalue weighted by Crippen LogP contribution is 2.35. The number of urea groups is 1. The van der Waals surface area contributed by atoms with E-state index in [9.17, 15) is 14.4 Å². The van der Waals surface area contributed by atoms with Crippen LogP contribution in [0.4, 0.5) is 4.79 Å². The van der Waals surface area contributed by atoms with Crippen molar-refractivity contribution in [3.63, 3.8) is 0 Å². The van der Waals surface area contributed by atoms with Gasteiger partial charge < -0.3 is 19.6 Å². The van der Waals surface area contributed by atoms with Crippen LogP contribution in [0, 0.1) is 5.41 Å². The number of rotatable bonds is 2. The number of aromatic nitrogens is 2. The summed E-state index contributed by atoms with van der Waals surface area (Å²) < 4.78 is 0. The lowest BCUT2D eigenvalue weighted by atomic mass is 9.86. The van der Waals surface area contributed by atoms with Gasteiger partial charge in [-0.15, -0.1) is 0 Å². The highest BCUT2D eigenvalue weighted by molar-refractivity contribution is 5.92. The van der Waals surface area contributed by atoms with E-state index in [-0.39, 0.29) is 23.5 Å². The number of carbonyl (C=O) groups excluding carboxylic acids is 3. The molecular weight excluding hydrogens is 348 g/mol. The SMILES string of the molecule is CCN1CC2(CC1=O)CN(C(=O)c1cnccn1)CCN(C(=O)N(C)C)C2. The summed E-state index contributed by atoms with van der Waals surface area (Å²) in [5.41, 5.74) is -0.190. The quantitative estimate of drug-likeness (QED) is 0.735. The summed E-state index contributed by atoms with van der Waals surface area (Å²) in [7, 11) is 3.42. The molecule has 2 fully saturated rings. The maximum absolute atomic E-state index is 12.9. The number of hydrogen-bond donors (Lipinski definition) is 0. The monoisotopic (exact) mass is 374 g/mol. The van der Waals surface area contributed by atoms with E-state index in [0.29, 0.717) is 45.7 Å². The number of hydrogen-bond acceptors (Lipinski definition) is 5. The second-order valence-corrected chi connectivity index (χ2v) is 7.50. The Hall–Kier alpha value is -2.71. The number of nitrogens with zero attached hydrogens (tertiary/aromatic N) is 6. The van der Waals surface area contributed by atoms with Gasteiger partial charge in [-0.05, 0) is 6.92 Å². The molecule has 0 saturated carbocycles. The first-order valence-corrected chi connectivity index (χ1v) is 9.14. The van der Waals surface area contributed by atoms with Crippen LogP contribution in [-0.2, 0) is 4.79 Å². The zero-order chi connectivity index (χ0) is 19.6. The van der Waals surface area contributed by atoms with E-state index < -0.39 is 5.41 Å². The van der Waals surface area contributed by atoms with Gasteiger partial charge in [-0.3, -0.25) is 14.6 Å². The van der Waals surface area contributed by atoms with Gasteiger partial charge in [0.25, 0.3) is 5.91 Å². The molecule has 1 unspecified atom stereocenters. The molecule has 0 N–H and O–H groups in total. The van der Waals surface area contributed by atoms with E-state index in [2.05, 4.69) is 9.97 Å². The van der Waals surface area contributed by atoms with Crippen molar-refractivity contribution in [3.8, 4) is 0 Å². The molecule has 0 aromatic carbocycles. The summed E-state index contributed by atoms with van der Waals surface area (Å²) in [5.74, 6) is -0.146. The highest BCUT2D eigenvalue weighted by atomic mass is 16.2. The van der Waals surface area contributed by atoms with E-state index in [1.807, 2.05) is 6.92 Å². The average molecular weight is 374 g/mol. The Bertz CT molecular complexity index is 725. The molecule has 1 aromatic rings. The highest BCUT2D eigenvalue weighted by Gasteiger charge is 2.48. The minimum absolute atomic E-state index is 0.0727. The van der Waals surface area contributed by atoms with Crippen molar-refractivity contribution in [2.24, 2.45) is 5.41 Å². The minimum Gasteiger partial charge on any atom is -0.342 e. The van der Waals surface area contributed by atoms with Crippen LogP contribution in [0.5, 0.6) is 0 Å². The number of amides is 4. The summed E-state index contributed by atoms with van der Waals surface area (Å²) in [6.07, 6.45) is 4.79. The lowest BCUT2D eigenvalue weighted by Crippen LogP contribution is -2.47. The largest absolute Gasteiger partial charge is 0.342 e. The van der Waals surface area contributed by atoms with Gasteiger partial charge >= 0.3 is 6.03 Å². The van der Waals surface area contributed by atoms with Gasteiger partial charge in [0.2, 0.25) is 5.91 Å². The van der Waals surface area contributed by atoms with E-state index >= 15 is 0 Å². The predicted octanol–water partition coefficient (Wildman–Crippen LogP) is 0.155. The van der Waals surface area contributed by atoms with Crippen LogP contribution in [0.3, 0.4) is 0 Å². The molecule has 2 aliphatic rings. The topological polar surface area (TPSA) is 90.0 Å². The maximum Gasteiger partial charge on any atom is 0.319 e. The molecule has 3 heterocycles. The third kappa shape index (κ3) is 3.86. The number of carbonyl (C=O) groups is 3. The van der Waals surface area contributed by atoms with Gasteiger partial charge in [0.1, 0.15) is 5.69 Å². The summed E-state index contributed by atoms with van der Waals surface area (Å²) in [6, 6.07) is -0.106. The number of likely N-dealkylation sites (tertiary alicyclic amines) is 1. The first-order chi connectivity index (χ1) is 12.8. The molecule has 2 saturated heterocycles. The molecule has 0 radical (unpaired) electrons. The third-order valence-corrected chi connectivity index (χ3v) is 5.20. The van der Waals surface area contributed by atoms with Crippen molar-refractivity contribution >= 4 is 17.8 Å². The maximum atomic E-state index is 12.9.